The largest absolute Gasteiger partial charge is 0.444 e. The summed E-state index contributed by atoms with van der Waals surface area (Å²) in [5.74, 6) is -0.0610. The summed E-state index contributed by atoms with van der Waals surface area (Å²) in [6, 6.07) is 8.83. The topological polar surface area (TPSA) is 157 Å². The predicted molar refractivity (Wildman–Crippen MR) is 171 cm³/mol. The van der Waals surface area contributed by atoms with Crippen LogP contribution >= 0.6 is 0 Å². The van der Waals surface area contributed by atoms with Gasteiger partial charge in [-0.25, -0.2) is 9.59 Å². The average Bonchev–Trinajstić information content (AvgIpc) is 2.87. The number of carbonyl (C=O) groups excluding carboxylic acids is 4. The van der Waals surface area contributed by atoms with Crippen LogP contribution in [0, 0.1) is 11.8 Å². The maximum atomic E-state index is 12.2. The van der Waals surface area contributed by atoms with Gasteiger partial charge < -0.3 is 30.9 Å². The Kier molecular flexibility index (Phi) is 13.9. The minimum Gasteiger partial charge on any atom is -0.444 e. The number of allylic oxidation sites excluding steroid dienone is 1. The highest BCUT2D eigenvalue weighted by molar-refractivity contribution is 6.22. The number of hydrogen-bond acceptors (Lipinski definition) is 8. The first-order valence-electron chi connectivity index (χ1n) is 14.4. The first-order valence-corrected chi connectivity index (χ1v) is 14.4. The summed E-state index contributed by atoms with van der Waals surface area (Å²) in [6.07, 6.45) is 2.07. The Labute approximate surface area is 255 Å². The fourth-order valence-corrected chi connectivity index (χ4v) is 3.65. The number of hydrogen-bond donors (Lipinski definition) is 4. The molecule has 2 amide bonds. The monoisotopic (exact) mass is 599 g/mol. The van der Waals surface area contributed by atoms with Crippen molar-refractivity contribution in [3.8, 4) is 0 Å². The number of rotatable bonds is 6. The molecule has 43 heavy (non-hydrogen) atoms. The molecule has 0 spiro atoms. The number of Topliss-reactive ketones (excluding diaryl/α,β-unsaturated/α-hetero) is 1. The number of nitrogens with one attached hydrogen (secondary N) is 2. The summed E-state index contributed by atoms with van der Waals surface area (Å²) < 4.78 is 10.2. The maximum Gasteiger partial charge on any atom is 0.408 e. The van der Waals surface area contributed by atoms with E-state index < -0.39 is 29.4 Å². The number of anilines is 1. The van der Waals surface area contributed by atoms with E-state index in [0.717, 1.165) is 16.3 Å². The number of nitrogen functional groups attached to an aromatic ring is 1. The molecular formula is C33H49N3O7. The van der Waals surface area contributed by atoms with Gasteiger partial charge in [-0.2, -0.15) is 0 Å². The molecule has 0 saturated carbocycles. The Morgan fingerprint density at radius 3 is 1.95 bits per heavy atom. The van der Waals surface area contributed by atoms with Crippen molar-refractivity contribution in [1.82, 2.24) is 10.6 Å². The van der Waals surface area contributed by atoms with Crippen LogP contribution in [-0.4, -0.2) is 59.3 Å². The Hall–Kier alpha value is -3.92. The van der Waals surface area contributed by atoms with Crippen molar-refractivity contribution < 1.29 is 33.8 Å². The van der Waals surface area contributed by atoms with Crippen LogP contribution < -0.4 is 16.4 Å². The number of aliphatic hydroxyl groups excluding tert-OH is 1. The molecule has 10 heteroatoms. The van der Waals surface area contributed by atoms with Gasteiger partial charge in [0.25, 0.3) is 0 Å². The average molecular weight is 600 g/mol. The van der Waals surface area contributed by atoms with E-state index in [0.29, 0.717) is 23.8 Å². The Bertz CT molecular complexity index is 1300. The summed E-state index contributed by atoms with van der Waals surface area (Å²) in [5.41, 5.74) is 6.79. The second kappa shape index (κ2) is 16.1. The Morgan fingerprint density at radius 2 is 1.44 bits per heavy atom. The number of benzene rings is 2. The van der Waals surface area contributed by atoms with E-state index in [-0.39, 0.29) is 24.0 Å². The van der Waals surface area contributed by atoms with Crippen molar-refractivity contribution in [2.24, 2.45) is 11.8 Å². The van der Waals surface area contributed by atoms with E-state index >= 15 is 0 Å². The number of nitrogens with two attached hydrogens (primary N) is 1. The second-order valence-electron chi connectivity index (χ2n) is 12.9. The van der Waals surface area contributed by atoms with Crippen molar-refractivity contribution in [1.29, 1.82) is 0 Å². The molecule has 5 N–H and O–H groups in total. The molecule has 1 atom stereocenters. The van der Waals surface area contributed by atoms with Gasteiger partial charge in [0, 0.05) is 30.1 Å². The normalized spacial score (nSPS) is 12.9. The highest BCUT2D eigenvalue weighted by atomic mass is 16.6. The molecule has 2 aromatic carbocycles. The van der Waals surface area contributed by atoms with Gasteiger partial charge in [-0.15, -0.1) is 0 Å². The highest BCUT2D eigenvalue weighted by Gasteiger charge is 2.27. The molecule has 10 nitrogen and oxygen atoms in total. The number of alkyl carbamates (subject to hydrolysis) is 2. The minimum atomic E-state index is -0.877. The predicted octanol–water partition coefficient (Wildman–Crippen LogP) is 5.90. The number of ether oxygens (including phenoxy) is 2. The van der Waals surface area contributed by atoms with Crippen LogP contribution in [0.15, 0.2) is 36.4 Å². The molecular weight excluding hydrogens is 550 g/mol. The standard InChI is InChI=1S/C16H30N2O5.C13H9NO.C4H10O/c1-10(2)12(19)11(18-14(21)23-16(6,7)8)9-17-13(20)22-15(3,4)5;14-10-6-4-8-2-1-3-9-5-7-11(15)13(10)12(8)9;1-4(2)3-5/h10-11H,9H2,1-8H3,(H,17,20)(H,18,21);1-7H,14H2;4-5H,3H2,1-2H3. The van der Waals surface area contributed by atoms with E-state index in [2.05, 4.69) is 10.6 Å². The van der Waals surface area contributed by atoms with Gasteiger partial charge >= 0.3 is 12.2 Å². The van der Waals surface area contributed by atoms with Crippen LogP contribution in [0.4, 0.5) is 15.3 Å². The van der Waals surface area contributed by atoms with Crippen LogP contribution in [0.1, 0.15) is 85.2 Å². The molecule has 238 valence electrons. The first-order chi connectivity index (χ1) is 19.8. The van der Waals surface area contributed by atoms with Crippen LogP contribution in [0.25, 0.3) is 16.8 Å². The zero-order chi connectivity index (χ0) is 33.1. The van der Waals surface area contributed by atoms with Gasteiger partial charge in [0.05, 0.1) is 5.56 Å². The van der Waals surface area contributed by atoms with E-state index in [1.165, 1.54) is 0 Å². The van der Waals surface area contributed by atoms with Gasteiger partial charge in [0.2, 0.25) is 0 Å². The van der Waals surface area contributed by atoms with Crippen molar-refractivity contribution in [2.75, 3.05) is 18.9 Å². The molecule has 0 aliphatic heterocycles. The molecule has 0 heterocycles. The molecule has 3 rings (SSSR count). The van der Waals surface area contributed by atoms with Gasteiger partial charge in [-0.3, -0.25) is 9.59 Å². The van der Waals surface area contributed by atoms with Crippen LogP contribution in [0.2, 0.25) is 0 Å². The first kappa shape index (κ1) is 37.1. The Balaban J connectivity index is 0.000000390. The van der Waals surface area contributed by atoms with Crippen molar-refractivity contribution >= 4 is 46.3 Å². The molecule has 1 aliphatic rings. The molecule has 1 aliphatic carbocycles. The summed E-state index contributed by atoms with van der Waals surface area (Å²) in [4.78, 5) is 47.4. The number of amides is 2. The quantitative estimate of drug-likeness (QED) is 0.299. The van der Waals surface area contributed by atoms with Gasteiger partial charge in [-0.1, -0.05) is 58.0 Å². The van der Waals surface area contributed by atoms with Crippen LogP contribution in [0.5, 0.6) is 0 Å². The van der Waals surface area contributed by atoms with Crippen LogP contribution in [-0.2, 0) is 14.3 Å². The third-order valence-electron chi connectivity index (χ3n) is 5.59. The van der Waals surface area contributed by atoms with E-state index in [1.54, 1.807) is 67.5 Å². The smallest absolute Gasteiger partial charge is 0.408 e. The van der Waals surface area contributed by atoms with E-state index in [4.69, 9.17) is 20.3 Å². The van der Waals surface area contributed by atoms with Crippen molar-refractivity contribution in [3.63, 3.8) is 0 Å². The van der Waals surface area contributed by atoms with Gasteiger partial charge in [0.15, 0.2) is 11.6 Å². The van der Waals surface area contributed by atoms with Gasteiger partial charge in [-0.05, 0) is 70.6 Å². The third-order valence-corrected chi connectivity index (χ3v) is 5.59. The van der Waals surface area contributed by atoms with Crippen molar-refractivity contribution in [2.45, 2.75) is 86.5 Å². The summed E-state index contributed by atoms with van der Waals surface area (Å²) in [5, 5.41) is 15.2. The second-order valence-corrected chi connectivity index (χ2v) is 12.9. The van der Waals surface area contributed by atoms with Crippen LogP contribution in [0.3, 0.4) is 0 Å². The summed E-state index contributed by atoms with van der Waals surface area (Å²) in [6.45, 7) is 18.0. The highest BCUT2D eigenvalue weighted by Crippen LogP contribution is 2.31. The maximum absolute atomic E-state index is 12.2. The van der Waals surface area contributed by atoms with Gasteiger partial charge in [0.1, 0.15) is 17.2 Å². The lowest BCUT2D eigenvalue weighted by Crippen LogP contribution is -2.51. The SMILES string of the molecule is CC(C)C(=O)C(CNC(=O)OC(C)(C)C)NC(=O)OC(C)(C)C.CC(C)CO.Nc1ccc2cccc3c2c1C(=O)C=C3. The molecule has 2 aromatic rings. The minimum absolute atomic E-state index is 0.00296. The Morgan fingerprint density at radius 1 is 0.884 bits per heavy atom. The molecule has 0 fully saturated rings. The lowest BCUT2D eigenvalue weighted by molar-refractivity contribution is -0.123. The zero-order valence-corrected chi connectivity index (χ0v) is 27.2. The van der Waals surface area contributed by atoms with E-state index in [9.17, 15) is 19.2 Å². The zero-order valence-electron chi connectivity index (χ0n) is 27.2. The molecule has 0 saturated heterocycles. The van der Waals surface area contributed by atoms with E-state index in [1.807, 2.05) is 44.2 Å². The summed E-state index contributed by atoms with van der Waals surface area (Å²) >= 11 is 0. The third kappa shape index (κ3) is 13.3. The van der Waals surface area contributed by atoms with Crippen molar-refractivity contribution in [3.05, 3.63) is 47.5 Å². The molecule has 0 aromatic heterocycles. The lowest BCUT2D eigenvalue weighted by Gasteiger charge is -2.25. The number of aliphatic hydroxyl groups is 1. The lowest BCUT2D eigenvalue weighted by atomic mass is 9.91. The molecule has 0 bridgehead atoms. The molecule has 0 radical (unpaired) electrons. The number of ketones is 2. The fraction of sp³-hybridized carbons (Fsp3) is 0.515. The number of carbonyl (C=O) groups is 4. The fourth-order valence-electron chi connectivity index (χ4n) is 3.65. The summed E-state index contributed by atoms with van der Waals surface area (Å²) in [7, 11) is 0. The molecule has 1 unspecified atom stereocenters.